The number of hydrogen-bond acceptors (Lipinski definition) is 4. The molecule has 3 N–H and O–H groups in total. The number of hydrogen-bond donors (Lipinski definition) is 3. The first-order valence-corrected chi connectivity index (χ1v) is 6.16. The molecule has 0 bridgehead atoms. The van der Waals surface area contributed by atoms with Crippen LogP contribution in [0.5, 0.6) is 11.5 Å². The Kier molecular flexibility index (Phi) is 4.39. The van der Waals surface area contributed by atoms with Crippen LogP contribution in [-0.2, 0) is 0 Å². The van der Waals surface area contributed by atoms with E-state index in [-0.39, 0.29) is 21.9 Å². The van der Waals surface area contributed by atoms with E-state index in [0.717, 1.165) is 12.3 Å². The fraction of sp³-hybridized carbons (Fsp3) is 0. The van der Waals surface area contributed by atoms with Gasteiger partial charge in [-0.1, -0.05) is 17.7 Å². The summed E-state index contributed by atoms with van der Waals surface area (Å²) in [7, 11) is 0. The number of nitrogens with one attached hydrogen (secondary N) is 1. The molecule has 1 amide bonds. The van der Waals surface area contributed by atoms with E-state index >= 15 is 0 Å². The molecule has 2 rings (SSSR count). The molecule has 0 aliphatic carbocycles. The van der Waals surface area contributed by atoms with E-state index in [2.05, 4.69) is 10.5 Å². The van der Waals surface area contributed by atoms with Crippen molar-refractivity contribution in [2.45, 2.75) is 0 Å². The van der Waals surface area contributed by atoms with Crippen molar-refractivity contribution in [2.75, 3.05) is 0 Å². The SMILES string of the molecule is O=C(N/N=C\c1c(F)cccc1Cl)c1ccc(O)cc1O. The van der Waals surface area contributed by atoms with Gasteiger partial charge in [0.25, 0.3) is 5.91 Å². The van der Waals surface area contributed by atoms with Crippen molar-refractivity contribution in [1.29, 1.82) is 0 Å². The van der Waals surface area contributed by atoms with Crippen molar-refractivity contribution in [3.63, 3.8) is 0 Å². The summed E-state index contributed by atoms with van der Waals surface area (Å²) in [4.78, 5) is 11.7. The van der Waals surface area contributed by atoms with Crippen molar-refractivity contribution < 1.29 is 19.4 Å². The van der Waals surface area contributed by atoms with Crippen LogP contribution < -0.4 is 5.43 Å². The van der Waals surface area contributed by atoms with Crippen LogP contribution in [0.2, 0.25) is 5.02 Å². The lowest BCUT2D eigenvalue weighted by Crippen LogP contribution is -2.17. The van der Waals surface area contributed by atoms with Gasteiger partial charge in [-0.05, 0) is 24.3 Å². The summed E-state index contributed by atoms with van der Waals surface area (Å²) in [6.45, 7) is 0. The number of carbonyl (C=O) groups excluding carboxylic acids is 1. The number of halogens is 2. The third-order valence-corrected chi connectivity index (χ3v) is 2.91. The third-order valence-electron chi connectivity index (χ3n) is 2.59. The number of phenols is 2. The quantitative estimate of drug-likeness (QED) is 0.602. The van der Waals surface area contributed by atoms with Crippen LogP contribution >= 0.6 is 11.6 Å². The molecule has 0 heterocycles. The van der Waals surface area contributed by atoms with Crippen molar-refractivity contribution >= 4 is 23.7 Å². The van der Waals surface area contributed by atoms with Gasteiger partial charge in [0.05, 0.1) is 16.8 Å². The van der Waals surface area contributed by atoms with Crippen LogP contribution in [0, 0.1) is 5.82 Å². The van der Waals surface area contributed by atoms with Crippen molar-refractivity contribution in [1.82, 2.24) is 5.43 Å². The molecule has 0 unspecified atom stereocenters. The van der Waals surface area contributed by atoms with Gasteiger partial charge in [-0.15, -0.1) is 0 Å². The van der Waals surface area contributed by atoms with Crippen LogP contribution in [0.4, 0.5) is 4.39 Å². The zero-order valence-electron chi connectivity index (χ0n) is 10.5. The molecular formula is C14H10ClFN2O3. The summed E-state index contributed by atoms with van der Waals surface area (Å²) >= 11 is 5.79. The van der Waals surface area contributed by atoms with Crippen LogP contribution in [0.25, 0.3) is 0 Å². The lowest BCUT2D eigenvalue weighted by Gasteiger charge is -2.03. The Labute approximate surface area is 124 Å². The maximum Gasteiger partial charge on any atom is 0.275 e. The van der Waals surface area contributed by atoms with Gasteiger partial charge in [0.1, 0.15) is 17.3 Å². The highest BCUT2D eigenvalue weighted by molar-refractivity contribution is 6.33. The van der Waals surface area contributed by atoms with Gasteiger partial charge in [0.15, 0.2) is 0 Å². The minimum atomic E-state index is -0.712. The van der Waals surface area contributed by atoms with Crippen molar-refractivity contribution in [3.8, 4) is 11.5 Å². The lowest BCUT2D eigenvalue weighted by atomic mass is 10.2. The number of amides is 1. The molecule has 2 aromatic rings. The maximum absolute atomic E-state index is 13.5. The summed E-state index contributed by atoms with van der Waals surface area (Å²) < 4.78 is 13.5. The monoisotopic (exact) mass is 308 g/mol. The van der Waals surface area contributed by atoms with Crippen molar-refractivity contribution in [2.24, 2.45) is 5.10 Å². The second-order valence-corrected chi connectivity index (χ2v) is 4.44. The Balaban J connectivity index is 2.12. The first-order valence-electron chi connectivity index (χ1n) is 5.78. The molecule has 21 heavy (non-hydrogen) atoms. The fourth-order valence-electron chi connectivity index (χ4n) is 1.56. The van der Waals surface area contributed by atoms with Gasteiger partial charge in [-0.25, -0.2) is 9.82 Å². The number of hydrazone groups is 1. The highest BCUT2D eigenvalue weighted by Crippen LogP contribution is 2.22. The second-order valence-electron chi connectivity index (χ2n) is 4.04. The van der Waals surface area contributed by atoms with Gasteiger partial charge < -0.3 is 10.2 Å². The molecule has 5 nitrogen and oxygen atoms in total. The zero-order valence-corrected chi connectivity index (χ0v) is 11.3. The number of phenolic OH excluding ortho intramolecular Hbond substituents is 2. The molecule has 2 aromatic carbocycles. The van der Waals surface area contributed by atoms with Gasteiger partial charge in [0, 0.05) is 11.6 Å². The van der Waals surface area contributed by atoms with Gasteiger partial charge in [-0.2, -0.15) is 5.10 Å². The third kappa shape index (κ3) is 3.49. The smallest absolute Gasteiger partial charge is 0.275 e. The average Bonchev–Trinajstić information content (AvgIpc) is 2.42. The molecule has 0 radical (unpaired) electrons. The fourth-order valence-corrected chi connectivity index (χ4v) is 1.77. The maximum atomic E-state index is 13.5. The van der Waals surface area contributed by atoms with Crippen LogP contribution in [0.15, 0.2) is 41.5 Å². The minimum Gasteiger partial charge on any atom is -0.508 e. The Morgan fingerprint density at radius 2 is 2.05 bits per heavy atom. The van der Waals surface area contributed by atoms with Gasteiger partial charge in [-0.3, -0.25) is 4.79 Å². The molecule has 0 spiro atoms. The van der Waals surface area contributed by atoms with Crippen LogP contribution in [-0.4, -0.2) is 22.3 Å². The summed E-state index contributed by atoms with van der Waals surface area (Å²) in [6.07, 6.45) is 1.06. The first-order chi connectivity index (χ1) is 9.99. The number of aromatic hydroxyl groups is 2. The van der Waals surface area contributed by atoms with E-state index in [1.165, 1.54) is 30.3 Å². The second kappa shape index (κ2) is 6.23. The van der Waals surface area contributed by atoms with E-state index in [0.29, 0.717) is 0 Å². The largest absolute Gasteiger partial charge is 0.508 e. The lowest BCUT2D eigenvalue weighted by molar-refractivity contribution is 0.0952. The van der Waals surface area contributed by atoms with Crippen LogP contribution in [0.3, 0.4) is 0 Å². The van der Waals surface area contributed by atoms with E-state index in [1.807, 2.05) is 0 Å². The van der Waals surface area contributed by atoms with E-state index in [4.69, 9.17) is 16.7 Å². The molecule has 0 saturated heterocycles. The molecule has 0 atom stereocenters. The Hall–Kier alpha value is -2.60. The molecule has 108 valence electrons. The Morgan fingerprint density at radius 1 is 1.29 bits per heavy atom. The number of benzene rings is 2. The minimum absolute atomic E-state index is 0.0365. The number of nitrogens with zero attached hydrogens (tertiary/aromatic N) is 1. The summed E-state index contributed by atoms with van der Waals surface area (Å²) in [6, 6.07) is 7.63. The van der Waals surface area contributed by atoms with Crippen molar-refractivity contribution in [3.05, 3.63) is 58.4 Å². The average molecular weight is 309 g/mol. The predicted octanol–water partition coefficient (Wildman–Crippen LogP) is 2.65. The van der Waals surface area contributed by atoms with E-state index in [1.54, 1.807) is 0 Å². The predicted molar refractivity (Wildman–Crippen MR) is 76.2 cm³/mol. The van der Waals surface area contributed by atoms with Crippen LogP contribution in [0.1, 0.15) is 15.9 Å². The molecule has 0 aliphatic rings. The molecule has 0 aromatic heterocycles. The number of carbonyl (C=O) groups is 1. The summed E-state index contributed by atoms with van der Waals surface area (Å²) in [5, 5.41) is 22.4. The Morgan fingerprint density at radius 3 is 2.71 bits per heavy atom. The molecule has 0 aliphatic heterocycles. The molecule has 7 heteroatoms. The van der Waals surface area contributed by atoms with Gasteiger partial charge >= 0.3 is 0 Å². The first kappa shape index (κ1) is 14.8. The number of rotatable bonds is 3. The van der Waals surface area contributed by atoms with Gasteiger partial charge in [0.2, 0.25) is 0 Å². The normalized spacial score (nSPS) is 10.8. The topological polar surface area (TPSA) is 81.9 Å². The zero-order chi connectivity index (χ0) is 15.4. The van der Waals surface area contributed by atoms with E-state index in [9.17, 15) is 14.3 Å². The highest BCUT2D eigenvalue weighted by Gasteiger charge is 2.11. The van der Waals surface area contributed by atoms with E-state index < -0.39 is 17.5 Å². The molecular weight excluding hydrogens is 299 g/mol. The molecule has 0 saturated carbocycles. The standard InChI is InChI=1S/C14H10ClFN2O3/c15-11-2-1-3-12(16)10(11)7-17-18-14(21)9-5-4-8(19)6-13(9)20/h1-7,19-20H,(H,18,21)/b17-7-. The Bertz CT molecular complexity index is 699. The summed E-state index contributed by atoms with van der Waals surface area (Å²) in [5.41, 5.74) is 2.08. The summed E-state index contributed by atoms with van der Waals surface area (Å²) in [5.74, 6) is -1.86. The molecule has 0 fully saturated rings. The highest BCUT2D eigenvalue weighted by atomic mass is 35.5.